The third kappa shape index (κ3) is 2.57. The molecule has 3 aromatic heterocycles. The monoisotopic (exact) mass is 288 g/mol. The van der Waals surface area contributed by atoms with E-state index in [2.05, 4.69) is 31.1 Å². The number of nitrogen functional groups attached to an aromatic ring is 1. The summed E-state index contributed by atoms with van der Waals surface area (Å²) in [6.07, 6.45) is 2.92. The molecule has 0 spiro atoms. The predicted octanol–water partition coefficient (Wildman–Crippen LogP) is 0.732. The minimum absolute atomic E-state index is 0.151. The maximum atomic E-state index is 5.73. The minimum atomic E-state index is 0.151. The van der Waals surface area contributed by atoms with Gasteiger partial charge in [-0.3, -0.25) is 0 Å². The number of nitrogens with zero attached hydrogens (tertiary/aromatic N) is 7. The van der Waals surface area contributed by atoms with Gasteiger partial charge in [-0.15, -0.1) is 11.3 Å². The summed E-state index contributed by atoms with van der Waals surface area (Å²) >= 11 is 1.68. The van der Waals surface area contributed by atoms with Crippen LogP contribution in [0.3, 0.4) is 0 Å². The Kier molecular flexibility index (Phi) is 3.25. The second kappa shape index (κ2) is 5.21. The highest BCUT2D eigenvalue weighted by atomic mass is 32.1. The van der Waals surface area contributed by atoms with Gasteiger partial charge in [0.05, 0.1) is 6.54 Å². The number of hydrogen-bond acceptors (Lipinski definition) is 8. The summed E-state index contributed by atoms with van der Waals surface area (Å²) < 4.78 is 1.44. The average Bonchev–Trinajstić information content (AvgIpc) is 3.11. The zero-order chi connectivity index (χ0) is 13.9. The topological polar surface area (TPSA) is 98.6 Å². The van der Waals surface area contributed by atoms with E-state index in [0.717, 1.165) is 0 Å². The summed E-state index contributed by atoms with van der Waals surface area (Å²) in [5.41, 5.74) is 5.73. The van der Waals surface area contributed by atoms with Gasteiger partial charge < -0.3 is 10.6 Å². The molecule has 0 atom stereocenters. The Hall–Kier alpha value is -2.55. The van der Waals surface area contributed by atoms with Gasteiger partial charge in [0.2, 0.25) is 11.9 Å². The molecule has 20 heavy (non-hydrogen) atoms. The minimum Gasteiger partial charge on any atom is -0.368 e. The molecule has 0 aliphatic carbocycles. The molecular weight excluding hydrogens is 276 g/mol. The average molecular weight is 288 g/mol. The van der Waals surface area contributed by atoms with Crippen LogP contribution < -0.4 is 10.6 Å². The molecule has 9 heteroatoms. The maximum absolute atomic E-state index is 5.73. The van der Waals surface area contributed by atoms with Crippen LogP contribution in [0.5, 0.6) is 0 Å². The highest BCUT2D eigenvalue weighted by Crippen LogP contribution is 2.15. The second-order valence-electron chi connectivity index (χ2n) is 4.07. The van der Waals surface area contributed by atoms with Crippen LogP contribution in [0.15, 0.2) is 30.2 Å². The molecule has 3 aromatic rings. The first-order valence-corrected chi connectivity index (χ1v) is 6.70. The molecule has 0 saturated carbocycles. The van der Waals surface area contributed by atoms with Gasteiger partial charge in [0.15, 0.2) is 0 Å². The Labute approximate surface area is 119 Å². The smallest absolute Gasteiger partial charge is 0.258 e. The standard InChI is InChI=1S/C11H12N8S/c1-18(5-8-3-2-4-20-8)10-15-9(12)16-11(17-10)19-7-13-6-14-19/h2-4,6-7H,5H2,1H3,(H2,12,15,16,17). The number of nitrogens with two attached hydrogens (primary N) is 1. The van der Waals surface area contributed by atoms with E-state index in [1.54, 1.807) is 11.3 Å². The fourth-order valence-corrected chi connectivity index (χ4v) is 2.42. The molecular formula is C11H12N8S. The number of thiophene rings is 1. The molecule has 0 aliphatic rings. The Bertz CT molecular complexity index is 679. The summed E-state index contributed by atoms with van der Waals surface area (Å²) in [5, 5.41) is 6.02. The summed E-state index contributed by atoms with van der Waals surface area (Å²) in [5.74, 6) is 0.998. The SMILES string of the molecule is CN(Cc1cccs1)c1nc(N)nc(-n2cncn2)n1. The van der Waals surface area contributed by atoms with Gasteiger partial charge in [0, 0.05) is 11.9 Å². The van der Waals surface area contributed by atoms with Crippen LogP contribution in [0, 0.1) is 0 Å². The molecule has 102 valence electrons. The fourth-order valence-electron chi connectivity index (χ4n) is 1.66. The lowest BCUT2D eigenvalue weighted by Crippen LogP contribution is -2.21. The first-order chi connectivity index (χ1) is 9.72. The van der Waals surface area contributed by atoms with Crippen molar-refractivity contribution in [1.29, 1.82) is 0 Å². The Morgan fingerprint density at radius 2 is 2.25 bits per heavy atom. The highest BCUT2D eigenvalue weighted by molar-refractivity contribution is 7.09. The first-order valence-electron chi connectivity index (χ1n) is 5.82. The van der Waals surface area contributed by atoms with Crippen LogP contribution in [0.25, 0.3) is 5.95 Å². The van der Waals surface area contributed by atoms with E-state index < -0.39 is 0 Å². The summed E-state index contributed by atoms with van der Waals surface area (Å²) in [6.45, 7) is 0.706. The number of rotatable bonds is 4. The van der Waals surface area contributed by atoms with Crippen molar-refractivity contribution in [2.75, 3.05) is 17.7 Å². The van der Waals surface area contributed by atoms with Crippen molar-refractivity contribution in [2.24, 2.45) is 0 Å². The normalized spacial score (nSPS) is 10.7. The number of aromatic nitrogens is 6. The van der Waals surface area contributed by atoms with Gasteiger partial charge in [-0.25, -0.2) is 4.98 Å². The van der Waals surface area contributed by atoms with Crippen LogP contribution in [-0.4, -0.2) is 36.8 Å². The second-order valence-corrected chi connectivity index (χ2v) is 5.10. The zero-order valence-corrected chi connectivity index (χ0v) is 11.5. The quantitative estimate of drug-likeness (QED) is 0.755. The number of anilines is 2. The van der Waals surface area contributed by atoms with E-state index in [4.69, 9.17) is 5.73 Å². The van der Waals surface area contributed by atoms with E-state index in [9.17, 15) is 0 Å². The Morgan fingerprint density at radius 3 is 2.95 bits per heavy atom. The third-order valence-electron chi connectivity index (χ3n) is 2.57. The molecule has 0 fully saturated rings. The Morgan fingerprint density at radius 1 is 1.35 bits per heavy atom. The zero-order valence-electron chi connectivity index (χ0n) is 10.7. The predicted molar refractivity (Wildman–Crippen MR) is 75.6 cm³/mol. The molecule has 3 rings (SSSR count). The van der Waals surface area contributed by atoms with Crippen molar-refractivity contribution in [1.82, 2.24) is 29.7 Å². The molecule has 0 saturated heterocycles. The van der Waals surface area contributed by atoms with Crippen LogP contribution in [-0.2, 0) is 6.54 Å². The van der Waals surface area contributed by atoms with Gasteiger partial charge in [-0.2, -0.15) is 24.7 Å². The van der Waals surface area contributed by atoms with Crippen molar-refractivity contribution in [2.45, 2.75) is 6.54 Å². The van der Waals surface area contributed by atoms with Crippen LogP contribution in [0.2, 0.25) is 0 Å². The molecule has 8 nitrogen and oxygen atoms in total. The lowest BCUT2D eigenvalue weighted by molar-refractivity contribution is 0.778. The van der Waals surface area contributed by atoms with Crippen molar-refractivity contribution in [3.63, 3.8) is 0 Å². The fraction of sp³-hybridized carbons (Fsp3) is 0.182. The van der Waals surface area contributed by atoms with E-state index in [1.165, 1.54) is 22.2 Å². The van der Waals surface area contributed by atoms with Crippen molar-refractivity contribution in [3.8, 4) is 5.95 Å². The van der Waals surface area contributed by atoms with Gasteiger partial charge >= 0.3 is 0 Å². The lowest BCUT2D eigenvalue weighted by atomic mass is 10.4. The molecule has 0 aliphatic heterocycles. The third-order valence-corrected chi connectivity index (χ3v) is 3.43. The molecule has 3 heterocycles. The van der Waals surface area contributed by atoms with Gasteiger partial charge in [0.25, 0.3) is 5.95 Å². The summed E-state index contributed by atoms with van der Waals surface area (Å²) in [6, 6.07) is 4.07. The molecule has 0 unspecified atom stereocenters. The summed E-state index contributed by atoms with van der Waals surface area (Å²) in [4.78, 5) is 19.5. The summed E-state index contributed by atoms with van der Waals surface area (Å²) in [7, 11) is 1.90. The van der Waals surface area contributed by atoms with E-state index in [-0.39, 0.29) is 5.95 Å². The van der Waals surface area contributed by atoms with Gasteiger partial charge in [-0.1, -0.05) is 6.07 Å². The van der Waals surface area contributed by atoms with Crippen LogP contribution in [0.1, 0.15) is 4.88 Å². The first kappa shape index (κ1) is 12.5. The van der Waals surface area contributed by atoms with Crippen LogP contribution >= 0.6 is 11.3 Å². The van der Waals surface area contributed by atoms with Gasteiger partial charge in [-0.05, 0) is 11.4 Å². The Balaban J connectivity index is 1.89. The molecule has 0 radical (unpaired) electrons. The lowest BCUT2D eigenvalue weighted by Gasteiger charge is -2.16. The van der Waals surface area contributed by atoms with Crippen molar-refractivity contribution < 1.29 is 0 Å². The molecule has 0 aromatic carbocycles. The number of hydrogen-bond donors (Lipinski definition) is 1. The molecule has 2 N–H and O–H groups in total. The largest absolute Gasteiger partial charge is 0.368 e. The van der Waals surface area contributed by atoms with Crippen LogP contribution in [0.4, 0.5) is 11.9 Å². The van der Waals surface area contributed by atoms with Gasteiger partial charge in [0.1, 0.15) is 12.7 Å². The molecule has 0 amide bonds. The van der Waals surface area contributed by atoms with Crippen molar-refractivity contribution >= 4 is 23.2 Å². The van der Waals surface area contributed by atoms with Crippen molar-refractivity contribution in [3.05, 3.63) is 35.0 Å². The van der Waals surface area contributed by atoms with E-state index in [1.807, 2.05) is 23.4 Å². The van der Waals surface area contributed by atoms with E-state index >= 15 is 0 Å². The maximum Gasteiger partial charge on any atom is 0.258 e. The highest BCUT2D eigenvalue weighted by Gasteiger charge is 2.11. The van der Waals surface area contributed by atoms with E-state index in [0.29, 0.717) is 18.4 Å². The molecule has 0 bridgehead atoms.